The average molecular weight is 197 g/mol. The van der Waals surface area contributed by atoms with Gasteiger partial charge in [0, 0.05) is 0 Å². The first kappa shape index (κ1) is 6.08. The Labute approximate surface area is 60.8 Å². The summed E-state index contributed by atoms with van der Waals surface area (Å²) >= 11 is 2.99. The van der Waals surface area contributed by atoms with Gasteiger partial charge in [0.05, 0.1) is 10.2 Å². The van der Waals surface area contributed by atoms with Gasteiger partial charge >= 0.3 is 0 Å². The molecule has 0 nitrogen and oxygen atoms in total. The van der Waals surface area contributed by atoms with Crippen LogP contribution in [-0.2, 0) is 0 Å². The lowest BCUT2D eigenvalue weighted by Gasteiger charge is -2.24. The van der Waals surface area contributed by atoms with E-state index in [1.165, 1.54) is 0 Å². The molecule has 0 aromatic rings. The molecule has 2 rings (SSSR count). The summed E-state index contributed by atoms with van der Waals surface area (Å²) < 4.78 is 25.2. The highest BCUT2D eigenvalue weighted by Gasteiger charge is 2.81. The van der Waals surface area contributed by atoms with Gasteiger partial charge in [0.15, 0.2) is 0 Å². The van der Waals surface area contributed by atoms with E-state index in [1.54, 1.807) is 0 Å². The van der Waals surface area contributed by atoms with Crippen molar-refractivity contribution in [3.63, 3.8) is 0 Å². The highest BCUT2D eigenvalue weighted by Crippen LogP contribution is 2.73. The molecule has 0 saturated heterocycles. The van der Waals surface area contributed by atoms with Gasteiger partial charge in [0.2, 0.25) is 0 Å². The minimum absolute atomic E-state index is 0.508. The van der Waals surface area contributed by atoms with Crippen LogP contribution in [0.15, 0.2) is 0 Å². The normalized spacial score (nSPS) is 42.3. The van der Waals surface area contributed by atoms with E-state index in [2.05, 4.69) is 15.9 Å². The van der Waals surface area contributed by atoms with E-state index < -0.39 is 16.2 Å². The molecule has 9 heavy (non-hydrogen) atoms. The van der Waals surface area contributed by atoms with Crippen LogP contribution in [0.2, 0.25) is 0 Å². The largest absolute Gasteiger partial charge is 0.267 e. The fourth-order valence-electron chi connectivity index (χ4n) is 1.61. The standard InChI is InChI=1S/C6H7BrF2/c7-4-5(2-1-3-5)6(4,8)9/h4H,1-3H2. The first-order valence-electron chi connectivity index (χ1n) is 3.13. The molecule has 0 amide bonds. The van der Waals surface area contributed by atoms with Gasteiger partial charge in [-0.3, -0.25) is 0 Å². The molecule has 3 heteroatoms. The van der Waals surface area contributed by atoms with E-state index in [0.717, 1.165) is 19.3 Å². The molecule has 0 bridgehead atoms. The second-order valence-corrected chi connectivity index (χ2v) is 3.91. The summed E-state index contributed by atoms with van der Waals surface area (Å²) in [4.78, 5) is -0.508. The second-order valence-electron chi connectivity index (χ2n) is 3.00. The summed E-state index contributed by atoms with van der Waals surface area (Å²) in [6.45, 7) is 0. The Hall–Kier alpha value is 0.340. The quantitative estimate of drug-likeness (QED) is 0.523. The van der Waals surface area contributed by atoms with E-state index in [9.17, 15) is 8.78 Å². The minimum atomic E-state index is -2.38. The number of hydrogen-bond donors (Lipinski definition) is 0. The summed E-state index contributed by atoms with van der Waals surface area (Å²) in [5, 5.41) is 0. The maximum Gasteiger partial charge on any atom is 0.267 e. The van der Waals surface area contributed by atoms with Gasteiger partial charge in [0.1, 0.15) is 0 Å². The van der Waals surface area contributed by atoms with Crippen molar-refractivity contribution in [2.45, 2.75) is 30.0 Å². The van der Waals surface area contributed by atoms with Gasteiger partial charge in [-0.1, -0.05) is 22.4 Å². The van der Waals surface area contributed by atoms with Crippen LogP contribution < -0.4 is 0 Å². The Morgan fingerprint density at radius 1 is 1.33 bits per heavy atom. The van der Waals surface area contributed by atoms with Gasteiger partial charge < -0.3 is 0 Å². The lowest BCUT2D eigenvalue weighted by molar-refractivity contribution is 0.0305. The third-order valence-electron chi connectivity index (χ3n) is 2.63. The van der Waals surface area contributed by atoms with Crippen LogP contribution in [0, 0.1) is 5.41 Å². The van der Waals surface area contributed by atoms with Gasteiger partial charge in [-0.05, 0) is 12.8 Å². The fourth-order valence-corrected chi connectivity index (χ4v) is 2.69. The zero-order valence-electron chi connectivity index (χ0n) is 4.83. The van der Waals surface area contributed by atoms with Crippen LogP contribution in [0.25, 0.3) is 0 Å². The SMILES string of the molecule is FC1(F)C(Br)C12CCC2. The Balaban J connectivity index is 2.19. The Morgan fingerprint density at radius 2 is 1.78 bits per heavy atom. The molecule has 2 aliphatic carbocycles. The van der Waals surface area contributed by atoms with Gasteiger partial charge in [-0.25, -0.2) is 8.78 Å². The highest BCUT2D eigenvalue weighted by molar-refractivity contribution is 9.09. The maximum atomic E-state index is 12.6. The lowest BCUT2D eigenvalue weighted by Crippen LogP contribution is -2.20. The summed E-state index contributed by atoms with van der Waals surface area (Å²) in [6.07, 6.45) is 2.42. The van der Waals surface area contributed by atoms with Crippen LogP contribution in [0.1, 0.15) is 19.3 Å². The molecular weight excluding hydrogens is 190 g/mol. The summed E-state index contributed by atoms with van der Waals surface area (Å²) in [5.41, 5.74) is -0.590. The number of hydrogen-bond acceptors (Lipinski definition) is 0. The minimum Gasteiger partial charge on any atom is -0.205 e. The molecule has 0 N–H and O–H groups in total. The van der Waals surface area contributed by atoms with Crippen molar-refractivity contribution in [1.82, 2.24) is 0 Å². The molecule has 2 aliphatic rings. The van der Waals surface area contributed by atoms with Gasteiger partial charge in [0.25, 0.3) is 5.92 Å². The second kappa shape index (κ2) is 1.34. The maximum absolute atomic E-state index is 12.6. The molecular formula is C6H7BrF2. The van der Waals surface area contributed by atoms with Crippen LogP contribution in [0.5, 0.6) is 0 Å². The first-order valence-corrected chi connectivity index (χ1v) is 4.05. The van der Waals surface area contributed by atoms with Crippen molar-refractivity contribution in [2.75, 3.05) is 0 Å². The Bertz CT molecular complexity index is 151. The van der Waals surface area contributed by atoms with Gasteiger partial charge in [-0.15, -0.1) is 0 Å². The van der Waals surface area contributed by atoms with Crippen molar-refractivity contribution in [3.05, 3.63) is 0 Å². The Kier molecular flexibility index (Phi) is 0.902. The molecule has 2 fully saturated rings. The molecule has 0 aromatic carbocycles. The summed E-state index contributed by atoms with van der Waals surface area (Å²) in [5.74, 6) is -2.38. The average Bonchev–Trinajstić information content (AvgIpc) is 2.01. The topological polar surface area (TPSA) is 0 Å². The third-order valence-corrected chi connectivity index (χ3v) is 4.08. The van der Waals surface area contributed by atoms with Crippen molar-refractivity contribution >= 4 is 15.9 Å². The molecule has 1 spiro atoms. The monoisotopic (exact) mass is 196 g/mol. The van der Waals surface area contributed by atoms with E-state index in [4.69, 9.17) is 0 Å². The fraction of sp³-hybridized carbons (Fsp3) is 1.00. The van der Waals surface area contributed by atoms with E-state index >= 15 is 0 Å². The predicted octanol–water partition coefficient (Wildman–Crippen LogP) is 2.57. The third kappa shape index (κ3) is 0.448. The molecule has 0 aromatic heterocycles. The van der Waals surface area contributed by atoms with Crippen LogP contribution in [0.3, 0.4) is 0 Å². The molecule has 0 aliphatic heterocycles. The molecule has 1 unspecified atom stereocenters. The zero-order valence-corrected chi connectivity index (χ0v) is 6.42. The van der Waals surface area contributed by atoms with Crippen molar-refractivity contribution in [3.8, 4) is 0 Å². The molecule has 0 radical (unpaired) electrons. The van der Waals surface area contributed by atoms with E-state index in [1.807, 2.05) is 0 Å². The van der Waals surface area contributed by atoms with Crippen molar-refractivity contribution in [2.24, 2.45) is 5.41 Å². The zero-order chi connectivity index (χ0) is 6.70. The first-order chi connectivity index (χ1) is 4.11. The lowest BCUT2D eigenvalue weighted by atomic mass is 9.81. The smallest absolute Gasteiger partial charge is 0.205 e. The van der Waals surface area contributed by atoms with E-state index in [0.29, 0.717) is 0 Å². The number of alkyl halides is 3. The van der Waals surface area contributed by atoms with E-state index in [-0.39, 0.29) is 0 Å². The highest BCUT2D eigenvalue weighted by atomic mass is 79.9. The van der Waals surface area contributed by atoms with Crippen molar-refractivity contribution < 1.29 is 8.78 Å². The Morgan fingerprint density at radius 3 is 1.78 bits per heavy atom. The number of rotatable bonds is 0. The van der Waals surface area contributed by atoms with Crippen LogP contribution in [-0.4, -0.2) is 10.7 Å². The molecule has 0 heterocycles. The number of halogens is 3. The molecule has 52 valence electrons. The van der Waals surface area contributed by atoms with Crippen LogP contribution >= 0.6 is 15.9 Å². The molecule has 1 atom stereocenters. The molecule has 2 saturated carbocycles. The summed E-state index contributed by atoms with van der Waals surface area (Å²) in [7, 11) is 0. The van der Waals surface area contributed by atoms with Crippen molar-refractivity contribution in [1.29, 1.82) is 0 Å². The van der Waals surface area contributed by atoms with Crippen LogP contribution in [0.4, 0.5) is 8.78 Å². The predicted molar refractivity (Wildman–Crippen MR) is 33.9 cm³/mol. The summed E-state index contributed by atoms with van der Waals surface area (Å²) in [6, 6.07) is 0. The van der Waals surface area contributed by atoms with Gasteiger partial charge in [-0.2, -0.15) is 0 Å².